The van der Waals surface area contributed by atoms with Crippen LogP contribution in [0, 0.1) is 5.41 Å². The van der Waals surface area contributed by atoms with Crippen LogP contribution in [-0.2, 0) is 0 Å². The molecule has 0 fully saturated rings. The average Bonchev–Trinajstić information content (AvgIpc) is 3.62. The van der Waals surface area contributed by atoms with Gasteiger partial charge >= 0.3 is 0 Å². The summed E-state index contributed by atoms with van der Waals surface area (Å²) in [5, 5.41) is 18.5. The first kappa shape index (κ1) is 32.6. The zero-order valence-electron chi connectivity index (χ0n) is 29.8. The van der Waals surface area contributed by atoms with E-state index in [1.54, 1.807) is 0 Å². The van der Waals surface area contributed by atoms with E-state index >= 15 is 0 Å². The minimum atomic E-state index is 0.397. The summed E-state index contributed by atoms with van der Waals surface area (Å²) in [7, 11) is 0. The normalized spacial score (nSPS) is 13.1. The lowest BCUT2D eigenvalue weighted by molar-refractivity contribution is 1.29. The number of anilines is 4. The highest BCUT2D eigenvalue weighted by atomic mass is 32.1. The van der Waals surface area contributed by atoms with Gasteiger partial charge in [-0.2, -0.15) is 5.10 Å². The van der Waals surface area contributed by atoms with E-state index in [9.17, 15) is 5.41 Å². The lowest BCUT2D eigenvalue weighted by atomic mass is 9.89. The lowest BCUT2D eigenvalue weighted by Gasteiger charge is -2.29. The molecule has 0 saturated carbocycles. The van der Waals surface area contributed by atoms with Crippen LogP contribution in [0.5, 0.6) is 0 Å². The van der Waals surface area contributed by atoms with Crippen LogP contribution in [0.25, 0.3) is 59.3 Å². The molecule has 4 nitrogen and oxygen atoms in total. The van der Waals surface area contributed by atoms with Gasteiger partial charge in [-0.3, -0.25) is 10.8 Å². The number of nitrogens with one attached hydrogen (secondary N) is 2. The number of hydrogen-bond acceptors (Lipinski definition) is 5. The zero-order chi connectivity index (χ0) is 36.7. The van der Waals surface area contributed by atoms with Crippen molar-refractivity contribution in [2.75, 3.05) is 10.3 Å². The van der Waals surface area contributed by atoms with Gasteiger partial charge in [0.1, 0.15) is 5.71 Å². The number of para-hydroxylation sites is 2. The monoisotopic (exact) mass is 722 g/mol. The minimum Gasteiger partial charge on any atom is -0.310 e. The Balaban J connectivity index is 1.14. The van der Waals surface area contributed by atoms with Gasteiger partial charge in [-0.1, -0.05) is 140 Å². The van der Waals surface area contributed by atoms with Crippen molar-refractivity contribution in [2.45, 2.75) is 0 Å². The summed E-state index contributed by atoms with van der Waals surface area (Å²) in [6.07, 6.45) is 3.97. The molecule has 0 bridgehead atoms. The summed E-state index contributed by atoms with van der Waals surface area (Å²) < 4.78 is 2.53. The molecule has 55 heavy (non-hydrogen) atoms. The molecule has 0 radical (unpaired) electrons. The molecule has 260 valence electrons. The van der Waals surface area contributed by atoms with Gasteiger partial charge in [0, 0.05) is 42.7 Å². The van der Waals surface area contributed by atoms with Gasteiger partial charge in [-0.15, -0.1) is 11.3 Å². The largest absolute Gasteiger partial charge is 0.310 e. The number of benzene rings is 8. The molecular weight excluding hydrogens is 689 g/mol. The maximum atomic E-state index is 9.29. The van der Waals surface area contributed by atoms with E-state index in [0.717, 1.165) is 50.2 Å². The smallest absolute Gasteiger partial charge is 0.109 e. The van der Waals surface area contributed by atoms with Crippen LogP contribution in [-0.4, -0.2) is 11.4 Å². The third kappa shape index (κ3) is 5.88. The quantitative estimate of drug-likeness (QED) is 0.161. The highest BCUT2D eigenvalue weighted by molar-refractivity contribution is 7.25. The van der Waals surface area contributed by atoms with Crippen LogP contribution in [0.15, 0.2) is 193 Å². The van der Waals surface area contributed by atoms with Gasteiger partial charge in [0.25, 0.3) is 0 Å². The number of fused-ring (bicyclic) bond motifs is 6. The zero-order valence-corrected chi connectivity index (χ0v) is 30.6. The Labute approximate surface area is 323 Å². The Morgan fingerprint density at radius 2 is 1.16 bits per heavy atom. The summed E-state index contributed by atoms with van der Waals surface area (Å²) in [6, 6.07) is 64.3. The van der Waals surface area contributed by atoms with Gasteiger partial charge in [0.2, 0.25) is 0 Å². The van der Waals surface area contributed by atoms with Gasteiger partial charge < -0.3 is 4.90 Å². The standard InChI is InChI=1S/C50H34N4S/c51-50-45(53-52-36-15-5-2-6-16-36)30-25-34-23-24-35-31-37(26-28-40(35)49(34)50)54(38-27-29-44-43-20-10-12-22-47(43)55-48(44)32-38)46-21-11-9-19-42(46)41-18-8-7-17-39(41)33-13-3-1-4-14-33/h1-32,51-52H/b51-50?,53-45-. The topological polar surface area (TPSA) is 51.5 Å². The number of thiophene rings is 1. The molecule has 8 aromatic carbocycles. The number of rotatable bonds is 7. The molecule has 2 N–H and O–H groups in total. The third-order valence-electron chi connectivity index (χ3n) is 10.4. The second-order valence-corrected chi connectivity index (χ2v) is 14.7. The fraction of sp³-hybridized carbons (Fsp3) is 0. The highest BCUT2D eigenvalue weighted by Crippen LogP contribution is 2.46. The number of hydrogen-bond donors (Lipinski definition) is 2. The Morgan fingerprint density at radius 1 is 0.509 bits per heavy atom. The Kier molecular flexibility index (Phi) is 8.12. The van der Waals surface area contributed by atoms with E-state index < -0.39 is 0 Å². The molecule has 0 saturated heterocycles. The van der Waals surface area contributed by atoms with Crippen LogP contribution in [0.3, 0.4) is 0 Å². The summed E-state index contributed by atoms with van der Waals surface area (Å²) in [5.41, 5.74) is 14.8. The molecule has 1 aliphatic rings. The van der Waals surface area contributed by atoms with Crippen LogP contribution < -0.4 is 10.3 Å². The summed E-state index contributed by atoms with van der Waals surface area (Å²) in [5.74, 6) is 0. The van der Waals surface area contributed by atoms with Gasteiger partial charge in [-0.05, 0) is 87.6 Å². The SMILES string of the molecule is N=C1/C(=N\Nc2ccccc2)C=Cc2ccc3cc(N(c4ccc5c(c4)sc4ccccc45)c4ccccc4-c4ccccc4-c4ccccc4)ccc3c21. The highest BCUT2D eigenvalue weighted by Gasteiger charge is 2.23. The maximum Gasteiger partial charge on any atom is 0.109 e. The number of hydrazone groups is 1. The van der Waals surface area contributed by atoms with Crippen molar-refractivity contribution in [3.63, 3.8) is 0 Å². The third-order valence-corrected chi connectivity index (χ3v) is 11.5. The molecule has 10 rings (SSSR count). The van der Waals surface area contributed by atoms with E-state index in [4.69, 9.17) is 0 Å². The fourth-order valence-electron chi connectivity index (χ4n) is 7.77. The molecule has 0 aliphatic heterocycles. The van der Waals surface area contributed by atoms with E-state index in [2.05, 4.69) is 173 Å². The van der Waals surface area contributed by atoms with Crippen LogP contribution in [0.1, 0.15) is 11.1 Å². The molecule has 0 atom stereocenters. The van der Waals surface area contributed by atoms with Crippen LogP contribution in [0.2, 0.25) is 0 Å². The Hall–Kier alpha value is -7.08. The maximum absolute atomic E-state index is 9.29. The van der Waals surface area contributed by atoms with Crippen molar-refractivity contribution in [3.8, 4) is 22.3 Å². The van der Waals surface area contributed by atoms with E-state index in [1.807, 2.05) is 47.7 Å². The van der Waals surface area contributed by atoms with Crippen molar-refractivity contribution in [3.05, 3.63) is 199 Å². The van der Waals surface area contributed by atoms with Crippen LogP contribution >= 0.6 is 11.3 Å². The minimum absolute atomic E-state index is 0.397. The van der Waals surface area contributed by atoms with Crippen molar-refractivity contribution >= 4 is 82.5 Å². The molecular formula is C50H34N4S. The Bertz CT molecular complexity index is 2980. The molecule has 0 spiro atoms. The predicted octanol–water partition coefficient (Wildman–Crippen LogP) is 13.9. The first-order chi connectivity index (χ1) is 27.2. The number of nitrogens with zero attached hydrogens (tertiary/aromatic N) is 2. The fourth-order valence-corrected chi connectivity index (χ4v) is 8.91. The molecule has 9 aromatic rings. The Morgan fingerprint density at radius 3 is 2.00 bits per heavy atom. The van der Waals surface area contributed by atoms with Crippen molar-refractivity contribution < 1.29 is 0 Å². The van der Waals surface area contributed by atoms with Crippen LogP contribution in [0.4, 0.5) is 22.7 Å². The van der Waals surface area contributed by atoms with Gasteiger partial charge in [0.05, 0.1) is 17.1 Å². The second kappa shape index (κ2) is 13.7. The second-order valence-electron chi connectivity index (χ2n) is 13.7. The van der Waals surface area contributed by atoms with Gasteiger partial charge in [0.15, 0.2) is 0 Å². The first-order valence-electron chi connectivity index (χ1n) is 18.4. The first-order valence-corrected chi connectivity index (χ1v) is 19.2. The van der Waals surface area contributed by atoms with Crippen molar-refractivity contribution in [1.29, 1.82) is 5.41 Å². The molecule has 5 heteroatoms. The van der Waals surface area contributed by atoms with E-state index in [-0.39, 0.29) is 0 Å². The molecule has 1 aromatic heterocycles. The molecule has 1 heterocycles. The molecule has 0 amide bonds. The van der Waals surface area contributed by atoms with E-state index in [1.165, 1.54) is 36.9 Å². The molecule has 0 unspecified atom stereocenters. The van der Waals surface area contributed by atoms with Crippen molar-refractivity contribution in [1.82, 2.24) is 0 Å². The van der Waals surface area contributed by atoms with Crippen molar-refractivity contribution in [2.24, 2.45) is 5.10 Å². The lowest BCUT2D eigenvalue weighted by Crippen LogP contribution is -2.19. The summed E-state index contributed by atoms with van der Waals surface area (Å²) in [4.78, 5) is 2.39. The average molecular weight is 723 g/mol. The van der Waals surface area contributed by atoms with Gasteiger partial charge in [-0.25, -0.2) is 0 Å². The predicted molar refractivity (Wildman–Crippen MR) is 236 cm³/mol. The summed E-state index contributed by atoms with van der Waals surface area (Å²) in [6.45, 7) is 0. The molecule has 1 aliphatic carbocycles. The summed E-state index contributed by atoms with van der Waals surface area (Å²) >= 11 is 1.83. The van der Waals surface area contributed by atoms with E-state index in [0.29, 0.717) is 11.4 Å². The number of allylic oxidation sites excluding steroid dienone is 1.